The Morgan fingerprint density at radius 3 is 2.23 bits per heavy atom. The highest BCUT2D eigenvalue weighted by Crippen LogP contribution is 2.20. The van der Waals surface area contributed by atoms with E-state index in [-0.39, 0.29) is 13.0 Å². The van der Waals surface area contributed by atoms with Gasteiger partial charge in [-0.15, -0.1) is 0 Å². The van der Waals surface area contributed by atoms with Crippen molar-refractivity contribution in [3.05, 3.63) is 83.9 Å². The second-order valence-corrected chi connectivity index (χ2v) is 9.97. The second kappa shape index (κ2) is 11.4. The van der Waals surface area contributed by atoms with E-state index in [4.69, 9.17) is 5.73 Å². The predicted molar refractivity (Wildman–Crippen MR) is 138 cm³/mol. The lowest BCUT2D eigenvalue weighted by Crippen LogP contribution is -2.60. The summed E-state index contributed by atoms with van der Waals surface area (Å²) in [6.07, 6.45) is -1.15. The first-order valence-corrected chi connectivity index (χ1v) is 11.8. The molecule has 186 valence electrons. The van der Waals surface area contributed by atoms with Gasteiger partial charge in [0.15, 0.2) is 0 Å². The third kappa shape index (κ3) is 6.88. The van der Waals surface area contributed by atoms with Gasteiger partial charge in [-0.1, -0.05) is 93.6 Å². The van der Waals surface area contributed by atoms with Gasteiger partial charge in [0.2, 0.25) is 5.91 Å². The van der Waals surface area contributed by atoms with Gasteiger partial charge in [0.1, 0.15) is 12.1 Å². The number of aliphatic hydroxyl groups excluding tert-OH is 1. The number of rotatable bonds is 10. The molecule has 0 spiro atoms. The van der Waals surface area contributed by atoms with Gasteiger partial charge >= 0.3 is 5.97 Å². The fraction of sp³-hybridized carbons (Fsp3) is 0.357. The standard InChI is InChI=1S/C28H35N3O4/c1-28(2,3)25(29)26(33)31-22(16-18-10-5-4-6-11-18)24(32)23(27(34)35)30-17-20-14-9-13-19-12-7-8-15-21(19)20/h4-15,22-25,30,32H,16-17,29H2,1-3H3,(H,31,33)(H,34,35)/t22-,23+,24+,25+/m0/s1. The number of hydrogen-bond donors (Lipinski definition) is 5. The minimum Gasteiger partial charge on any atom is -0.480 e. The maximum atomic E-state index is 12.9. The number of aliphatic carboxylic acids is 1. The highest BCUT2D eigenvalue weighted by Gasteiger charge is 2.36. The van der Waals surface area contributed by atoms with Gasteiger partial charge < -0.3 is 21.3 Å². The van der Waals surface area contributed by atoms with Gasteiger partial charge in [-0.3, -0.25) is 14.9 Å². The van der Waals surface area contributed by atoms with Gasteiger partial charge in [-0.05, 0) is 33.7 Å². The van der Waals surface area contributed by atoms with Crippen LogP contribution in [-0.2, 0) is 22.6 Å². The zero-order valence-corrected chi connectivity index (χ0v) is 20.4. The normalized spacial score (nSPS) is 15.2. The fourth-order valence-electron chi connectivity index (χ4n) is 4.04. The van der Waals surface area contributed by atoms with Crippen molar-refractivity contribution in [2.75, 3.05) is 0 Å². The molecule has 0 heterocycles. The third-order valence-electron chi connectivity index (χ3n) is 6.25. The molecule has 0 saturated carbocycles. The molecule has 6 N–H and O–H groups in total. The zero-order chi connectivity index (χ0) is 25.6. The molecule has 3 rings (SSSR count). The maximum Gasteiger partial charge on any atom is 0.323 e. The first kappa shape index (κ1) is 26.3. The average molecular weight is 478 g/mol. The van der Waals surface area contributed by atoms with Crippen molar-refractivity contribution in [1.29, 1.82) is 0 Å². The quantitative estimate of drug-likeness (QED) is 0.306. The van der Waals surface area contributed by atoms with Gasteiger partial charge in [0, 0.05) is 6.54 Å². The number of nitrogens with one attached hydrogen (secondary N) is 2. The minimum atomic E-state index is -1.40. The molecule has 0 bridgehead atoms. The van der Waals surface area contributed by atoms with Crippen LogP contribution in [0.25, 0.3) is 10.8 Å². The second-order valence-electron chi connectivity index (χ2n) is 9.97. The first-order valence-electron chi connectivity index (χ1n) is 11.8. The molecule has 0 aliphatic rings. The van der Waals surface area contributed by atoms with Crippen LogP contribution >= 0.6 is 0 Å². The number of amides is 1. The van der Waals surface area contributed by atoms with Crippen molar-refractivity contribution >= 4 is 22.6 Å². The van der Waals surface area contributed by atoms with Crippen molar-refractivity contribution in [3.8, 4) is 0 Å². The molecule has 0 saturated heterocycles. The van der Waals surface area contributed by atoms with E-state index in [0.717, 1.165) is 21.9 Å². The Kier molecular flexibility index (Phi) is 8.62. The molecule has 7 nitrogen and oxygen atoms in total. The molecule has 1 amide bonds. The molecule has 0 aromatic heterocycles. The summed E-state index contributed by atoms with van der Waals surface area (Å²) in [5.74, 6) is -1.64. The Labute approximate surface area is 206 Å². The number of benzene rings is 3. The van der Waals surface area contributed by atoms with Crippen LogP contribution in [0.2, 0.25) is 0 Å². The summed E-state index contributed by atoms with van der Waals surface area (Å²) in [4.78, 5) is 25.1. The largest absolute Gasteiger partial charge is 0.480 e. The lowest BCUT2D eigenvalue weighted by atomic mass is 9.86. The van der Waals surface area contributed by atoms with Crippen molar-refractivity contribution < 1.29 is 19.8 Å². The van der Waals surface area contributed by atoms with Crippen molar-refractivity contribution in [3.63, 3.8) is 0 Å². The smallest absolute Gasteiger partial charge is 0.323 e. The summed E-state index contributed by atoms with van der Waals surface area (Å²) in [5, 5.41) is 29.1. The predicted octanol–water partition coefficient (Wildman–Crippen LogP) is 2.84. The van der Waals surface area contributed by atoms with Crippen LogP contribution < -0.4 is 16.4 Å². The van der Waals surface area contributed by atoms with Crippen LogP contribution in [0, 0.1) is 5.41 Å². The topological polar surface area (TPSA) is 125 Å². The van der Waals surface area contributed by atoms with Crippen LogP contribution in [0.5, 0.6) is 0 Å². The lowest BCUT2D eigenvalue weighted by Gasteiger charge is -2.32. The number of hydrogen-bond acceptors (Lipinski definition) is 5. The molecule has 35 heavy (non-hydrogen) atoms. The maximum absolute atomic E-state index is 12.9. The first-order chi connectivity index (χ1) is 16.6. The molecule has 7 heteroatoms. The molecule has 0 aliphatic carbocycles. The molecule has 0 unspecified atom stereocenters. The summed E-state index contributed by atoms with van der Waals surface area (Å²) in [6.45, 7) is 5.80. The van der Waals surface area contributed by atoms with Crippen LogP contribution in [0.4, 0.5) is 0 Å². The van der Waals surface area contributed by atoms with E-state index in [1.165, 1.54) is 0 Å². The summed E-state index contributed by atoms with van der Waals surface area (Å²) in [5.41, 5.74) is 7.42. The Hall–Kier alpha value is -3.26. The molecular weight excluding hydrogens is 442 g/mol. The van der Waals surface area contributed by atoms with Gasteiger partial charge in [-0.2, -0.15) is 0 Å². The Morgan fingerprint density at radius 1 is 0.943 bits per heavy atom. The SMILES string of the molecule is CC(C)(C)[C@H](N)C(=O)N[C@@H](Cc1ccccc1)[C@@H](O)[C@@H](NCc1cccc2ccccc12)C(=O)O. The number of carboxylic acid groups (broad SMARTS) is 1. The van der Waals surface area contributed by atoms with E-state index in [1.54, 1.807) is 0 Å². The zero-order valence-electron chi connectivity index (χ0n) is 20.4. The van der Waals surface area contributed by atoms with Gasteiger partial charge in [0.05, 0.1) is 12.1 Å². The van der Waals surface area contributed by atoms with E-state index in [0.29, 0.717) is 0 Å². The highest BCUT2D eigenvalue weighted by molar-refractivity contribution is 5.86. The molecule has 0 aliphatic heterocycles. The third-order valence-corrected chi connectivity index (χ3v) is 6.25. The average Bonchev–Trinajstić information content (AvgIpc) is 2.83. The van der Waals surface area contributed by atoms with Crippen LogP contribution in [0.1, 0.15) is 31.9 Å². The number of carbonyl (C=O) groups excluding carboxylic acids is 1. The molecular formula is C28H35N3O4. The van der Waals surface area contributed by atoms with Crippen molar-refractivity contribution in [2.45, 2.75) is 58.0 Å². The summed E-state index contributed by atoms with van der Waals surface area (Å²) in [7, 11) is 0. The molecule has 3 aromatic rings. The minimum absolute atomic E-state index is 0.239. The highest BCUT2D eigenvalue weighted by atomic mass is 16.4. The number of fused-ring (bicyclic) bond motifs is 1. The number of nitrogens with two attached hydrogens (primary N) is 1. The lowest BCUT2D eigenvalue weighted by molar-refractivity contribution is -0.144. The summed E-state index contributed by atoms with van der Waals surface area (Å²) >= 11 is 0. The van der Waals surface area contributed by atoms with Crippen LogP contribution in [0.15, 0.2) is 72.8 Å². The number of aliphatic hydroxyl groups is 1. The van der Waals surface area contributed by atoms with Crippen molar-refractivity contribution in [2.24, 2.45) is 11.1 Å². The van der Waals surface area contributed by atoms with Crippen LogP contribution in [0.3, 0.4) is 0 Å². The van der Waals surface area contributed by atoms with E-state index in [1.807, 2.05) is 93.6 Å². The fourth-order valence-corrected chi connectivity index (χ4v) is 4.04. The van der Waals surface area contributed by atoms with Crippen LogP contribution in [-0.4, -0.2) is 46.3 Å². The van der Waals surface area contributed by atoms with Gasteiger partial charge in [0.25, 0.3) is 0 Å². The Balaban J connectivity index is 1.83. The number of carbonyl (C=O) groups is 2. The molecule has 0 radical (unpaired) electrons. The molecule has 3 aromatic carbocycles. The van der Waals surface area contributed by atoms with E-state index < -0.39 is 41.5 Å². The van der Waals surface area contributed by atoms with E-state index >= 15 is 0 Å². The Bertz CT molecular complexity index is 1140. The number of carboxylic acids is 1. The van der Waals surface area contributed by atoms with E-state index in [9.17, 15) is 19.8 Å². The van der Waals surface area contributed by atoms with E-state index in [2.05, 4.69) is 10.6 Å². The monoisotopic (exact) mass is 477 g/mol. The van der Waals surface area contributed by atoms with Crippen molar-refractivity contribution in [1.82, 2.24) is 10.6 Å². The summed E-state index contributed by atoms with van der Waals surface area (Å²) < 4.78 is 0. The van der Waals surface area contributed by atoms with Gasteiger partial charge in [-0.25, -0.2) is 0 Å². The molecule has 4 atom stereocenters. The Morgan fingerprint density at radius 2 is 1.57 bits per heavy atom. The summed E-state index contributed by atoms with van der Waals surface area (Å²) in [6, 6.07) is 20.0. The molecule has 0 fully saturated rings.